The van der Waals surface area contributed by atoms with Gasteiger partial charge in [-0.1, -0.05) is 25.4 Å². The summed E-state index contributed by atoms with van der Waals surface area (Å²) in [5, 5.41) is 2.87. The Morgan fingerprint density at radius 2 is 1.96 bits per heavy atom. The Morgan fingerprint density at radius 1 is 1.28 bits per heavy atom. The van der Waals surface area contributed by atoms with E-state index in [1.807, 2.05) is 18.7 Å². The Hall–Kier alpha value is -1.86. The van der Waals surface area contributed by atoms with E-state index in [0.29, 0.717) is 43.7 Å². The molecule has 0 aromatic heterocycles. The summed E-state index contributed by atoms with van der Waals surface area (Å²) < 4.78 is 18.8. The Labute approximate surface area is 151 Å². The van der Waals surface area contributed by atoms with Crippen molar-refractivity contribution in [2.75, 3.05) is 44.6 Å². The molecule has 138 valence electrons. The van der Waals surface area contributed by atoms with Crippen LogP contribution in [0.25, 0.3) is 0 Å². The van der Waals surface area contributed by atoms with E-state index in [-0.39, 0.29) is 24.2 Å². The quantitative estimate of drug-likeness (QED) is 0.864. The first-order valence-electron chi connectivity index (χ1n) is 8.24. The van der Waals surface area contributed by atoms with E-state index in [2.05, 4.69) is 5.32 Å². The Kier molecular flexibility index (Phi) is 7.01. The minimum Gasteiger partial charge on any atom is -0.449 e. The number of nitrogens with one attached hydrogen (secondary N) is 1. The van der Waals surface area contributed by atoms with Gasteiger partial charge in [-0.3, -0.25) is 9.69 Å². The van der Waals surface area contributed by atoms with Crippen LogP contribution in [0.4, 0.5) is 14.9 Å². The molecular formula is C17H23ClFN3O3. The monoisotopic (exact) mass is 371 g/mol. The Bertz CT molecular complexity index is 619. The normalized spacial score (nSPS) is 15.3. The second kappa shape index (κ2) is 9.01. The molecule has 8 heteroatoms. The van der Waals surface area contributed by atoms with E-state index < -0.39 is 5.82 Å². The standard InChI is InChI=1S/C17H23ClFN3O3/c1-12(2)11-25-17(24)22-7-5-21(6-8-22)10-16(23)20-15-9-13(18)3-4-14(15)19/h3-4,9,12H,5-8,10-11H2,1-2H3,(H,20,23). The van der Waals surface area contributed by atoms with E-state index in [9.17, 15) is 14.0 Å². The number of carbonyl (C=O) groups is 2. The Morgan fingerprint density at radius 3 is 2.60 bits per heavy atom. The zero-order chi connectivity index (χ0) is 18.4. The zero-order valence-electron chi connectivity index (χ0n) is 14.4. The van der Waals surface area contributed by atoms with Crippen molar-refractivity contribution in [2.45, 2.75) is 13.8 Å². The molecule has 6 nitrogen and oxygen atoms in total. The van der Waals surface area contributed by atoms with Gasteiger partial charge in [-0.25, -0.2) is 9.18 Å². The molecule has 0 atom stereocenters. The summed E-state index contributed by atoms with van der Waals surface area (Å²) in [5.74, 6) is -0.562. The van der Waals surface area contributed by atoms with Gasteiger partial charge in [0.25, 0.3) is 0 Å². The van der Waals surface area contributed by atoms with Crippen molar-refractivity contribution in [3.05, 3.63) is 29.0 Å². The molecule has 0 unspecified atom stereocenters. The number of amides is 2. The maximum atomic E-state index is 13.6. The highest BCUT2D eigenvalue weighted by Gasteiger charge is 2.23. The van der Waals surface area contributed by atoms with Gasteiger partial charge in [0.2, 0.25) is 5.91 Å². The molecule has 25 heavy (non-hydrogen) atoms. The predicted molar refractivity (Wildman–Crippen MR) is 94.2 cm³/mol. The van der Waals surface area contributed by atoms with Crippen molar-refractivity contribution in [1.29, 1.82) is 0 Å². The fraction of sp³-hybridized carbons (Fsp3) is 0.529. The first-order valence-corrected chi connectivity index (χ1v) is 8.62. The third-order valence-electron chi connectivity index (χ3n) is 3.74. The van der Waals surface area contributed by atoms with Crippen LogP contribution in [-0.4, -0.2) is 61.1 Å². The lowest BCUT2D eigenvalue weighted by atomic mass is 10.2. The number of rotatable bonds is 5. The molecule has 2 amide bonds. The molecule has 0 saturated carbocycles. The van der Waals surface area contributed by atoms with Gasteiger partial charge in [0.1, 0.15) is 5.82 Å². The maximum absolute atomic E-state index is 13.6. The lowest BCUT2D eigenvalue weighted by Crippen LogP contribution is -2.50. The first-order chi connectivity index (χ1) is 11.8. The molecule has 1 N–H and O–H groups in total. The van der Waals surface area contributed by atoms with Crippen molar-refractivity contribution in [2.24, 2.45) is 5.92 Å². The summed E-state index contributed by atoms with van der Waals surface area (Å²) in [6.07, 6.45) is -0.321. The highest BCUT2D eigenvalue weighted by atomic mass is 35.5. The molecule has 0 bridgehead atoms. The number of ether oxygens (including phenoxy) is 1. The molecule has 0 radical (unpaired) electrons. The zero-order valence-corrected chi connectivity index (χ0v) is 15.2. The van der Waals surface area contributed by atoms with Crippen molar-refractivity contribution < 1.29 is 18.7 Å². The number of piperazine rings is 1. The molecular weight excluding hydrogens is 349 g/mol. The topological polar surface area (TPSA) is 61.9 Å². The van der Waals surface area contributed by atoms with E-state index >= 15 is 0 Å². The molecule has 1 fully saturated rings. The van der Waals surface area contributed by atoms with Gasteiger partial charge in [-0.15, -0.1) is 0 Å². The molecule has 1 aliphatic rings. The van der Waals surface area contributed by atoms with Crippen molar-refractivity contribution in [1.82, 2.24) is 9.80 Å². The average Bonchev–Trinajstić information content (AvgIpc) is 2.56. The van der Waals surface area contributed by atoms with Gasteiger partial charge in [-0.05, 0) is 24.1 Å². The average molecular weight is 372 g/mol. The molecule has 1 aromatic rings. The first kappa shape index (κ1) is 19.5. The molecule has 0 aliphatic carbocycles. The number of benzene rings is 1. The number of hydrogen-bond donors (Lipinski definition) is 1. The van der Waals surface area contributed by atoms with Crippen molar-refractivity contribution in [3.63, 3.8) is 0 Å². The highest BCUT2D eigenvalue weighted by Crippen LogP contribution is 2.19. The van der Waals surface area contributed by atoms with Crippen LogP contribution in [0.5, 0.6) is 0 Å². The number of nitrogens with zero attached hydrogens (tertiary/aromatic N) is 2. The van der Waals surface area contributed by atoms with E-state index in [0.717, 1.165) is 0 Å². The van der Waals surface area contributed by atoms with Gasteiger partial charge in [-0.2, -0.15) is 0 Å². The van der Waals surface area contributed by atoms with Crippen molar-refractivity contribution >= 4 is 29.3 Å². The summed E-state index contributed by atoms with van der Waals surface area (Å²) in [5.41, 5.74) is 0.0633. The van der Waals surface area contributed by atoms with Gasteiger partial charge in [0.05, 0.1) is 18.8 Å². The summed E-state index contributed by atoms with van der Waals surface area (Å²) in [6.45, 7) is 6.59. The molecule has 2 rings (SSSR count). The number of anilines is 1. The number of halogens is 2. The second-order valence-electron chi connectivity index (χ2n) is 6.41. The molecule has 1 aliphatic heterocycles. The Balaban J connectivity index is 1.76. The summed E-state index contributed by atoms with van der Waals surface area (Å²) >= 11 is 5.81. The third-order valence-corrected chi connectivity index (χ3v) is 3.98. The lowest BCUT2D eigenvalue weighted by molar-refractivity contribution is -0.117. The van der Waals surface area contributed by atoms with Gasteiger partial charge < -0.3 is 15.0 Å². The summed E-state index contributed by atoms with van der Waals surface area (Å²) in [7, 11) is 0. The third kappa shape index (κ3) is 6.17. The number of hydrogen-bond acceptors (Lipinski definition) is 4. The van der Waals surface area contributed by atoms with Crippen LogP contribution in [0.3, 0.4) is 0 Å². The van der Waals surface area contributed by atoms with Gasteiger partial charge in [0, 0.05) is 31.2 Å². The largest absolute Gasteiger partial charge is 0.449 e. The summed E-state index contributed by atoms with van der Waals surface area (Å²) in [4.78, 5) is 27.5. The van der Waals surface area contributed by atoms with Crippen LogP contribution in [0.1, 0.15) is 13.8 Å². The van der Waals surface area contributed by atoms with Crippen LogP contribution >= 0.6 is 11.6 Å². The van der Waals surface area contributed by atoms with E-state index in [4.69, 9.17) is 16.3 Å². The highest BCUT2D eigenvalue weighted by molar-refractivity contribution is 6.30. The maximum Gasteiger partial charge on any atom is 0.409 e. The summed E-state index contributed by atoms with van der Waals surface area (Å²) in [6, 6.07) is 4.00. The molecule has 1 saturated heterocycles. The minimum absolute atomic E-state index is 0.0633. The van der Waals surface area contributed by atoms with E-state index in [1.165, 1.54) is 18.2 Å². The van der Waals surface area contributed by atoms with E-state index in [1.54, 1.807) is 4.90 Å². The molecule has 1 heterocycles. The fourth-order valence-electron chi connectivity index (χ4n) is 2.40. The minimum atomic E-state index is -0.532. The lowest BCUT2D eigenvalue weighted by Gasteiger charge is -2.33. The van der Waals surface area contributed by atoms with Crippen LogP contribution in [-0.2, 0) is 9.53 Å². The second-order valence-corrected chi connectivity index (χ2v) is 6.84. The number of carbonyl (C=O) groups excluding carboxylic acids is 2. The van der Waals surface area contributed by atoms with Gasteiger partial charge >= 0.3 is 6.09 Å². The van der Waals surface area contributed by atoms with Crippen LogP contribution < -0.4 is 5.32 Å². The SMILES string of the molecule is CC(C)COC(=O)N1CCN(CC(=O)Nc2cc(Cl)ccc2F)CC1. The predicted octanol–water partition coefficient (Wildman–Crippen LogP) is 2.83. The van der Waals surface area contributed by atoms with Crippen LogP contribution in [0.2, 0.25) is 5.02 Å². The van der Waals surface area contributed by atoms with Gasteiger partial charge in [0.15, 0.2) is 0 Å². The van der Waals surface area contributed by atoms with Crippen LogP contribution in [0.15, 0.2) is 18.2 Å². The van der Waals surface area contributed by atoms with Crippen molar-refractivity contribution in [3.8, 4) is 0 Å². The smallest absolute Gasteiger partial charge is 0.409 e. The molecule has 0 spiro atoms. The molecule has 1 aromatic carbocycles. The fourth-order valence-corrected chi connectivity index (χ4v) is 2.58. The van der Waals surface area contributed by atoms with Crippen LogP contribution in [0, 0.1) is 11.7 Å².